The number of hydrogen-bond donors (Lipinski definition) is 2. The van der Waals surface area contributed by atoms with E-state index in [0.717, 1.165) is 50.6 Å². The van der Waals surface area contributed by atoms with Crippen molar-refractivity contribution in [2.45, 2.75) is 31.2 Å². The van der Waals surface area contributed by atoms with E-state index in [9.17, 15) is 12.8 Å². The van der Waals surface area contributed by atoms with Gasteiger partial charge >= 0.3 is 0 Å². The van der Waals surface area contributed by atoms with Crippen molar-refractivity contribution in [3.05, 3.63) is 48.3 Å². The molecule has 0 aliphatic carbocycles. The number of aromatic nitrogens is 3. The highest BCUT2D eigenvalue weighted by Crippen LogP contribution is 2.38. The first-order valence-electron chi connectivity index (χ1n) is 12.3. The Morgan fingerprint density at radius 3 is 2.62 bits per heavy atom. The molecule has 0 amide bonds. The third-order valence-corrected chi connectivity index (χ3v) is 8.33. The van der Waals surface area contributed by atoms with E-state index < -0.39 is 21.5 Å². The first-order valence-corrected chi connectivity index (χ1v) is 13.9. The lowest BCUT2D eigenvalue weighted by molar-refractivity contribution is 0.553. The molecule has 0 radical (unpaired) electrons. The van der Waals surface area contributed by atoms with Crippen LogP contribution in [0.25, 0.3) is 11.3 Å². The van der Waals surface area contributed by atoms with Crippen LogP contribution in [-0.4, -0.2) is 67.9 Å². The molecule has 9 nitrogen and oxygen atoms in total. The van der Waals surface area contributed by atoms with Crippen molar-refractivity contribution >= 4 is 33.0 Å². The number of sulfone groups is 1. The molecule has 3 aromatic rings. The summed E-state index contributed by atoms with van der Waals surface area (Å²) in [5.74, 6) is -1.29. The molecule has 2 N–H and O–H groups in total. The average molecular weight is 530 g/mol. The average Bonchev–Trinajstić information content (AvgIpc) is 3.14. The third-order valence-electron chi connectivity index (χ3n) is 6.58. The van der Waals surface area contributed by atoms with Gasteiger partial charge in [0.1, 0.15) is 22.2 Å². The van der Waals surface area contributed by atoms with Crippen LogP contribution in [0.15, 0.2) is 41.6 Å². The molecule has 4 heterocycles. The minimum absolute atomic E-state index is 0.0732. The molecule has 1 saturated heterocycles. The molecule has 37 heavy (non-hydrogen) atoms. The summed E-state index contributed by atoms with van der Waals surface area (Å²) in [6.45, 7) is 7.75. The van der Waals surface area contributed by atoms with E-state index in [4.69, 9.17) is 0 Å². The Labute approximate surface area is 214 Å². The highest BCUT2D eigenvalue weighted by molar-refractivity contribution is 7.91. The van der Waals surface area contributed by atoms with Gasteiger partial charge in [0, 0.05) is 37.8 Å². The van der Waals surface area contributed by atoms with Crippen LogP contribution in [0.4, 0.5) is 31.9 Å². The standard InChI is InChI=1S/C25H29F2N7O2S/c1-16(2)34-10-11-37(35,36)24-19(26)12-17(13-21(24)34)23-20(27)15-30-25(32-23)31-22-5-4-18(14-29-22)33-8-3-6-28-7-9-33/h4-5,12-16,28H,3,6-11H2,1-2H3,(H,29,30,31,32). The van der Waals surface area contributed by atoms with Crippen LogP contribution in [-0.2, 0) is 9.84 Å². The molecule has 2 aliphatic heterocycles. The van der Waals surface area contributed by atoms with Gasteiger partial charge < -0.3 is 20.4 Å². The van der Waals surface area contributed by atoms with Gasteiger partial charge in [-0.05, 0) is 51.1 Å². The zero-order valence-corrected chi connectivity index (χ0v) is 21.5. The lowest BCUT2D eigenvalue weighted by atomic mass is 10.1. The van der Waals surface area contributed by atoms with Gasteiger partial charge in [-0.2, -0.15) is 0 Å². The molecule has 0 saturated carbocycles. The van der Waals surface area contributed by atoms with Gasteiger partial charge in [-0.3, -0.25) is 0 Å². The summed E-state index contributed by atoms with van der Waals surface area (Å²) in [6.07, 6.45) is 3.81. The predicted octanol–water partition coefficient (Wildman–Crippen LogP) is 3.36. The summed E-state index contributed by atoms with van der Waals surface area (Å²) < 4.78 is 55.1. The van der Waals surface area contributed by atoms with Crippen molar-refractivity contribution < 1.29 is 17.2 Å². The molecule has 0 atom stereocenters. The number of hydrogen-bond acceptors (Lipinski definition) is 9. The summed E-state index contributed by atoms with van der Waals surface area (Å²) in [4.78, 5) is 16.4. The number of nitrogens with one attached hydrogen (secondary N) is 2. The van der Waals surface area contributed by atoms with Crippen LogP contribution >= 0.6 is 0 Å². The zero-order chi connectivity index (χ0) is 26.2. The molecule has 2 aliphatic rings. The van der Waals surface area contributed by atoms with Gasteiger partial charge in [-0.25, -0.2) is 32.2 Å². The van der Waals surface area contributed by atoms with E-state index in [1.54, 1.807) is 17.2 Å². The van der Waals surface area contributed by atoms with Crippen molar-refractivity contribution in [3.8, 4) is 11.3 Å². The monoisotopic (exact) mass is 529 g/mol. The first-order chi connectivity index (χ1) is 17.7. The Bertz CT molecular complexity index is 1390. The Balaban J connectivity index is 1.44. The number of anilines is 4. The van der Waals surface area contributed by atoms with Gasteiger partial charge in [0.25, 0.3) is 0 Å². The van der Waals surface area contributed by atoms with Crippen molar-refractivity contribution in [1.82, 2.24) is 20.3 Å². The van der Waals surface area contributed by atoms with Gasteiger partial charge in [-0.15, -0.1) is 0 Å². The molecule has 0 spiro atoms. The van der Waals surface area contributed by atoms with Gasteiger partial charge in [0.05, 0.1) is 29.5 Å². The van der Waals surface area contributed by atoms with E-state index in [2.05, 4.69) is 30.5 Å². The summed E-state index contributed by atoms with van der Waals surface area (Å²) in [5, 5.41) is 6.34. The minimum atomic E-state index is -3.78. The molecule has 1 aromatic carbocycles. The largest absolute Gasteiger partial charge is 0.369 e. The predicted molar refractivity (Wildman–Crippen MR) is 139 cm³/mol. The second-order valence-electron chi connectivity index (χ2n) is 9.42. The first kappa shape index (κ1) is 25.3. The maximum atomic E-state index is 15.1. The van der Waals surface area contributed by atoms with Crippen molar-refractivity contribution in [2.24, 2.45) is 0 Å². The zero-order valence-electron chi connectivity index (χ0n) is 20.7. The van der Waals surface area contributed by atoms with E-state index >= 15 is 4.39 Å². The summed E-state index contributed by atoms with van der Waals surface area (Å²) in [5.41, 5.74) is 1.20. The summed E-state index contributed by atoms with van der Waals surface area (Å²) in [6, 6.07) is 6.16. The van der Waals surface area contributed by atoms with Crippen LogP contribution in [0.3, 0.4) is 0 Å². The topological polar surface area (TPSA) is 103 Å². The second-order valence-corrected chi connectivity index (χ2v) is 11.5. The second kappa shape index (κ2) is 10.2. The van der Waals surface area contributed by atoms with Gasteiger partial charge in [-0.1, -0.05) is 0 Å². The highest BCUT2D eigenvalue weighted by Gasteiger charge is 2.33. The van der Waals surface area contributed by atoms with E-state index in [1.165, 1.54) is 6.07 Å². The van der Waals surface area contributed by atoms with E-state index in [1.807, 2.05) is 19.9 Å². The Hall–Kier alpha value is -3.38. The Kier molecular flexibility index (Phi) is 6.95. The highest BCUT2D eigenvalue weighted by atomic mass is 32.2. The quantitative estimate of drug-likeness (QED) is 0.515. The number of fused-ring (bicyclic) bond motifs is 1. The van der Waals surface area contributed by atoms with E-state index in [-0.39, 0.29) is 46.1 Å². The molecular weight excluding hydrogens is 500 g/mol. The Morgan fingerprint density at radius 1 is 1.03 bits per heavy atom. The van der Waals surface area contributed by atoms with Crippen LogP contribution in [0, 0.1) is 11.6 Å². The maximum absolute atomic E-state index is 15.1. The Morgan fingerprint density at radius 2 is 1.86 bits per heavy atom. The molecule has 2 aromatic heterocycles. The molecule has 5 rings (SSSR count). The van der Waals surface area contributed by atoms with Gasteiger partial charge in [0.2, 0.25) is 5.95 Å². The smallest absolute Gasteiger partial charge is 0.229 e. The number of pyridine rings is 1. The normalized spacial score (nSPS) is 17.4. The van der Waals surface area contributed by atoms with Crippen molar-refractivity contribution in [1.29, 1.82) is 0 Å². The van der Waals surface area contributed by atoms with Crippen LogP contribution in [0.5, 0.6) is 0 Å². The molecule has 0 unspecified atom stereocenters. The molecule has 12 heteroatoms. The summed E-state index contributed by atoms with van der Waals surface area (Å²) >= 11 is 0. The van der Waals surface area contributed by atoms with Gasteiger partial charge in [0.15, 0.2) is 15.7 Å². The van der Waals surface area contributed by atoms with E-state index in [0.29, 0.717) is 5.82 Å². The van der Waals surface area contributed by atoms with Crippen LogP contribution < -0.4 is 20.4 Å². The number of nitrogens with zero attached hydrogens (tertiary/aromatic N) is 5. The van der Waals surface area contributed by atoms with Crippen LogP contribution in [0.1, 0.15) is 20.3 Å². The van der Waals surface area contributed by atoms with Crippen LogP contribution in [0.2, 0.25) is 0 Å². The third kappa shape index (κ3) is 5.21. The SMILES string of the molecule is CC(C)N1CCS(=O)(=O)c2c(F)cc(-c3nc(Nc4ccc(N5CCCNCC5)cn4)ncc3F)cc21. The molecule has 196 valence electrons. The molecular formula is C25H29F2N7O2S. The fourth-order valence-corrected chi connectivity index (χ4v) is 6.20. The molecule has 1 fully saturated rings. The number of benzene rings is 1. The minimum Gasteiger partial charge on any atom is -0.369 e. The lowest BCUT2D eigenvalue weighted by Crippen LogP contribution is -2.40. The van der Waals surface area contributed by atoms with Crippen molar-refractivity contribution in [2.75, 3.05) is 53.6 Å². The fourth-order valence-electron chi connectivity index (χ4n) is 4.71. The number of rotatable bonds is 5. The number of halogens is 2. The lowest BCUT2D eigenvalue weighted by Gasteiger charge is -2.34. The molecule has 0 bridgehead atoms. The summed E-state index contributed by atoms with van der Waals surface area (Å²) in [7, 11) is -3.78. The fraction of sp³-hybridized carbons (Fsp3) is 0.400. The van der Waals surface area contributed by atoms with Crippen molar-refractivity contribution in [3.63, 3.8) is 0 Å². The maximum Gasteiger partial charge on any atom is 0.229 e.